The Morgan fingerprint density at radius 1 is 1.47 bits per heavy atom. The number of hydrogen-bond donors (Lipinski definition) is 1. The van der Waals surface area contributed by atoms with Crippen molar-refractivity contribution in [2.75, 3.05) is 6.61 Å². The Balaban J connectivity index is 2.33. The summed E-state index contributed by atoms with van der Waals surface area (Å²) in [6, 6.07) is 0.189. The fraction of sp³-hybridized carbons (Fsp3) is 0.727. The average molecular weight is 211 g/mol. The van der Waals surface area contributed by atoms with Gasteiger partial charge in [0.2, 0.25) is 0 Å². The standard InChI is InChI=1S/C11H21N3O/c1-9(2)15-5-4-14-8-11(7-13-14)6-10(3)12/h7-10H,4-6,12H2,1-3H3. The molecule has 0 aromatic carbocycles. The molecule has 86 valence electrons. The third kappa shape index (κ3) is 4.95. The van der Waals surface area contributed by atoms with Gasteiger partial charge in [-0.25, -0.2) is 0 Å². The molecule has 1 atom stereocenters. The Bertz CT molecular complexity index is 281. The lowest BCUT2D eigenvalue weighted by molar-refractivity contribution is 0.0709. The second-order valence-corrected chi connectivity index (χ2v) is 4.21. The van der Waals surface area contributed by atoms with Gasteiger partial charge in [-0.3, -0.25) is 4.68 Å². The molecule has 1 unspecified atom stereocenters. The Kier molecular flexibility index (Phi) is 4.78. The van der Waals surface area contributed by atoms with Crippen molar-refractivity contribution < 1.29 is 4.74 Å². The van der Waals surface area contributed by atoms with E-state index in [0.29, 0.717) is 6.61 Å². The van der Waals surface area contributed by atoms with Gasteiger partial charge in [-0.05, 0) is 32.8 Å². The van der Waals surface area contributed by atoms with Crippen LogP contribution in [0.3, 0.4) is 0 Å². The van der Waals surface area contributed by atoms with Crippen LogP contribution in [0.5, 0.6) is 0 Å². The minimum atomic E-state index is 0.189. The lowest BCUT2D eigenvalue weighted by Crippen LogP contribution is -2.17. The van der Waals surface area contributed by atoms with E-state index in [1.54, 1.807) is 0 Å². The highest BCUT2D eigenvalue weighted by Gasteiger charge is 2.01. The summed E-state index contributed by atoms with van der Waals surface area (Å²) in [5.74, 6) is 0. The van der Waals surface area contributed by atoms with Crippen LogP contribution in [0.25, 0.3) is 0 Å². The maximum absolute atomic E-state index is 5.71. The van der Waals surface area contributed by atoms with Gasteiger partial charge >= 0.3 is 0 Å². The summed E-state index contributed by atoms with van der Waals surface area (Å²) in [5.41, 5.74) is 6.90. The molecule has 4 heteroatoms. The van der Waals surface area contributed by atoms with E-state index in [1.807, 2.05) is 37.8 Å². The topological polar surface area (TPSA) is 53.1 Å². The van der Waals surface area contributed by atoms with Gasteiger partial charge in [0.1, 0.15) is 0 Å². The largest absolute Gasteiger partial charge is 0.377 e. The number of rotatable bonds is 6. The molecule has 0 radical (unpaired) electrons. The molecule has 0 aliphatic rings. The zero-order valence-electron chi connectivity index (χ0n) is 9.81. The van der Waals surface area contributed by atoms with E-state index in [0.717, 1.165) is 13.0 Å². The first-order valence-electron chi connectivity index (χ1n) is 5.46. The second kappa shape index (κ2) is 5.88. The van der Waals surface area contributed by atoms with E-state index in [1.165, 1.54) is 5.56 Å². The molecule has 1 heterocycles. The zero-order chi connectivity index (χ0) is 11.3. The van der Waals surface area contributed by atoms with E-state index < -0.39 is 0 Å². The second-order valence-electron chi connectivity index (χ2n) is 4.21. The van der Waals surface area contributed by atoms with Crippen molar-refractivity contribution in [2.24, 2.45) is 5.73 Å². The number of nitrogens with zero attached hydrogens (tertiary/aromatic N) is 2. The number of nitrogens with two attached hydrogens (primary N) is 1. The van der Waals surface area contributed by atoms with Crippen molar-refractivity contribution in [3.63, 3.8) is 0 Å². The summed E-state index contributed by atoms with van der Waals surface area (Å²) >= 11 is 0. The molecule has 0 bridgehead atoms. The molecule has 0 amide bonds. The lowest BCUT2D eigenvalue weighted by Gasteiger charge is -2.06. The molecule has 1 aromatic rings. The molecule has 0 spiro atoms. The minimum absolute atomic E-state index is 0.189. The van der Waals surface area contributed by atoms with Crippen LogP contribution in [0.4, 0.5) is 0 Å². The minimum Gasteiger partial charge on any atom is -0.377 e. The predicted molar refractivity (Wildman–Crippen MR) is 60.7 cm³/mol. The van der Waals surface area contributed by atoms with Gasteiger partial charge in [-0.15, -0.1) is 0 Å². The molecule has 0 saturated heterocycles. The van der Waals surface area contributed by atoms with Crippen molar-refractivity contribution in [2.45, 2.75) is 45.9 Å². The molecule has 0 fully saturated rings. The Morgan fingerprint density at radius 3 is 2.80 bits per heavy atom. The molecule has 0 aliphatic carbocycles. The summed E-state index contributed by atoms with van der Waals surface area (Å²) in [4.78, 5) is 0. The van der Waals surface area contributed by atoms with Crippen LogP contribution >= 0.6 is 0 Å². The van der Waals surface area contributed by atoms with Crippen molar-refractivity contribution in [1.29, 1.82) is 0 Å². The highest BCUT2D eigenvalue weighted by Crippen LogP contribution is 2.01. The van der Waals surface area contributed by atoms with Crippen molar-refractivity contribution in [1.82, 2.24) is 9.78 Å². The third-order valence-electron chi connectivity index (χ3n) is 2.02. The average Bonchev–Trinajstić information content (AvgIpc) is 2.50. The summed E-state index contributed by atoms with van der Waals surface area (Å²) in [6.07, 6.45) is 5.07. The zero-order valence-corrected chi connectivity index (χ0v) is 9.81. The van der Waals surface area contributed by atoms with Gasteiger partial charge in [0, 0.05) is 12.2 Å². The maximum atomic E-state index is 5.71. The van der Waals surface area contributed by atoms with Gasteiger partial charge in [0.25, 0.3) is 0 Å². The molecule has 1 aromatic heterocycles. The molecular weight excluding hydrogens is 190 g/mol. The predicted octanol–water partition coefficient (Wildman–Crippen LogP) is 1.20. The maximum Gasteiger partial charge on any atom is 0.0666 e. The fourth-order valence-electron chi connectivity index (χ4n) is 1.39. The van der Waals surface area contributed by atoms with Crippen molar-refractivity contribution in [3.05, 3.63) is 18.0 Å². The van der Waals surface area contributed by atoms with Crippen LogP contribution in [-0.2, 0) is 17.7 Å². The molecule has 2 N–H and O–H groups in total. The lowest BCUT2D eigenvalue weighted by atomic mass is 10.1. The third-order valence-corrected chi connectivity index (χ3v) is 2.02. The van der Waals surface area contributed by atoms with Gasteiger partial charge < -0.3 is 10.5 Å². The first-order chi connectivity index (χ1) is 7.08. The highest BCUT2D eigenvalue weighted by molar-refractivity contribution is 5.05. The molecule has 0 aliphatic heterocycles. The highest BCUT2D eigenvalue weighted by atomic mass is 16.5. The van der Waals surface area contributed by atoms with Gasteiger partial charge in [-0.2, -0.15) is 5.10 Å². The molecular formula is C11H21N3O. The van der Waals surface area contributed by atoms with Crippen molar-refractivity contribution in [3.8, 4) is 0 Å². The van der Waals surface area contributed by atoms with E-state index >= 15 is 0 Å². The Labute approximate surface area is 91.4 Å². The SMILES string of the molecule is CC(N)Cc1cnn(CCOC(C)C)c1. The van der Waals surface area contributed by atoms with Crippen molar-refractivity contribution >= 4 is 0 Å². The fourth-order valence-corrected chi connectivity index (χ4v) is 1.39. The van der Waals surface area contributed by atoms with Crippen LogP contribution in [0.15, 0.2) is 12.4 Å². The molecule has 15 heavy (non-hydrogen) atoms. The number of aromatic nitrogens is 2. The molecule has 4 nitrogen and oxygen atoms in total. The van der Waals surface area contributed by atoms with E-state index in [9.17, 15) is 0 Å². The van der Waals surface area contributed by atoms with Crippen LogP contribution in [0.1, 0.15) is 26.3 Å². The first-order valence-corrected chi connectivity index (χ1v) is 5.46. The number of hydrogen-bond acceptors (Lipinski definition) is 3. The summed E-state index contributed by atoms with van der Waals surface area (Å²) in [6.45, 7) is 7.57. The van der Waals surface area contributed by atoms with E-state index in [2.05, 4.69) is 5.10 Å². The summed E-state index contributed by atoms with van der Waals surface area (Å²) < 4.78 is 7.35. The van der Waals surface area contributed by atoms with Gasteiger partial charge in [-0.1, -0.05) is 0 Å². The van der Waals surface area contributed by atoms with Crippen LogP contribution < -0.4 is 5.73 Å². The molecule has 1 rings (SSSR count). The summed E-state index contributed by atoms with van der Waals surface area (Å²) in [7, 11) is 0. The molecule has 0 saturated carbocycles. The normalized spacial score (nSPS) is 13.4. The van der Waals surface area contributed by atoms with Crippen LogP contribution in [0.2, 0.25) is 0 Å². The van der Waals surface area contributed by atoms with Crippen LogP contribution in [0, 0.1) is 0 Å². The Hall–Kier alpha value is -0.870. The smallest absolute Gasteiger partial charge is 0.0666 e. The monoisotopic (exact) mass is 211 g/mol. The van der Waals surface area contributed by atoms with E-state index in [-0.39, 0.29) is 12.1 Å². The summed E-state index contributed by atoms with van der Waals surface area (Å²) in [5, 5.41) is 4.25. The Morgan fingerprint density at radius 2 is 2.20 bits per heavy atom. The van der Waals surface area contributed by atoms with E-state index in [4.69, 9.17) is 10.5 Å². The number of ether oxygens (including phenoxy) is 1. The van der Waals surface area contributed by atoms with Gasteiger partial charge in [0.05, 0.1) is 25.5 Å². The van der Waals surface area contributed by atoms with Crippen LogP contribution in [-0.4, -0.2) is 28.5 Å². The van der Waals surface area contributed by atoms with Gasteiger partial charge in [0.15, 0.2) is 0 Å². The first kappa shape index (κ1) is 12.2. The quantitative estimate of drug-likeness (QED) is 0.769.